The largest absolute Gasteiger partial charge is 0.476 e. The average Bonchev–Trinajstić information content (AvgIpc) is 2.23. The van der Waals surface area contributed by atoms with Gasteiger partial charge in [0.1, 0.15) is 0 Å². The number of rotatable bonds is 4. The number of aromatic carboxylic acids is 1. The number of amides is 1. The van der Waals surface area contributed by atoms with Crippen LogP contribution in [0, 0.1) is 0 Å². The SMILES string of the molecule is CC(=O)NCC=Cc1cnc(C(=O)O)c(N)c1. The van der Waals surface area contributed by atoms with Crippen LogP contribution in [0.4, 0.5) is 5.69 Å². The Labute approximate surface area is 98.2 Å². The third kappa shape index (κ3) is 3.94. The van der Waals surface area contributed by atoms with Crippen LogP contribution in [0.1, 0.15) is 23.0 Å². The molecular weight excluding hydrogens is 222 g/mol. The standard InChI is InChI=1S/C11H13N3O3/c1-7(15)13-4-2-3-8-5-9(12)10(11(16)17)14-6-8/h2-3,5-6H,4,12H2,1H3,(H,13,15)(H,16,17). The topological polar surface area (TPSA) is 105 Å². The normalized spacial score (nSPS) is 10.4. The number of nitrogens with two attached hydrogens (primary N) is 1. The van der Waals surface area contributed by atoms with Crippen LogP contribution in [0.2, 0.25) is 0 Å². The summed E-state index contributed by atoms with van der Waals surface area (Å²) in [6.45, 7) is 1.82. The highest BCUT2D eigenvalue weighted by molar-refractivity contribution is 5.91. The fourth-order valence-electron chi connectivity index (χ4n) is 1.17. The molecule has 1 amide bonds. The van der Waals surface area contributed by atoms with E-state index in [1.54, 1.807) is 12.2 Å². The maximum atomic E-state index is 10.7. The first-order valence-corrected chi connectivity index (χ1v) is 4.90. The van der Waals surface area contributed by atoms with E-state index in [0.29, 0.717) is 12.1 Å². The number of hydrogen-bond acceptors (Lipinski definition) is 4. The summed E-state index contributed by atoms with van der Waals surface area (Å²) >= 11 is 0. The molecule has 0 saturated carbocycles. The molecule has 6 nitrogen and oxygen atoms in total. The molecule has 0 bridgehead atoms. The Morgan fingerprint density at radius 1 is 1.59 bits per heavy atom. The summed E-state index contributed by atoms with van der Waals surface area (Å²) in [7, 11) is 0. The van der Waals surface area contributed by atoms with Crippen LogP contribution in [-0.4, -0.2) is 28.5 Å². The number of pyridine rings is 1. The Kier molecular flexibility index (Phi) is 4.21. The molecule has 90 valence electrons. The molecule has 4 N–H and O–H groups in total. The smallest absolute Gasteiger partial charge is 0.356 e. The minimum absolute atomic E-state index is 0.110. The van der Waals surface area contributed by atoms with Gasteiger partial charge in [-0.25, -0.2) is 9.78 Å². The van der Waals surface area contributed by atoms with Gasteiger partial charge >= 0.3 is 5.97 Å². The summed E-state index contributed by atoms with van der Waals surface area (Å²) in [5, 5.41) is 11.3. The molecule has 6 heteroatoms. The van der Waals surface area contributed by atoms with Gasteiger partial charge in [0.2, 0.25) is 5.91 Å². The maximum absolute atomic E-state index is 10.7. The van der Waals surface area contributed by atoms with Crippen molar-refractivity contribution in [1.82, 2.24) is 10.3 Å². The molecule has 0 unspecified atom stereocenters. The van der Waals surface area contributed by atoms with Crippen molar-refractivity contribution in [3.63, 3.8) is 0 Å². The van der Waals surface area contributed by atoms with Crippen LogP contribution < -0.4 is 11.1 Å². The first-order valence-electron chi connectivity index (χ1n) is 4.90. The summed E-state index contributed by atoms with van der Waals surface area (Å²) < 4.78 is 0. The van der Waals surface area contributed by atoms with E-state index in [9.17, 15) is 9.59 Å². The van der Waals surface area contributed by atoms with Gasteiger partial charge in [-0.2, -0.15) is 0 Å². The fourth-order valence-corrected chi connectivity index (χ4v) is 1.17. The lowest BCUT2D eigenvalue weighted by molar-refractivity contribution is -0.118. The van der Waals surface area contributed by atoms with E-state index >= 15 is 0 Å². The quantitative estimate of drug-likeness (QED) is 0.705. The molecule has 17 heavy (non-hydrogen) atoms. The van der Waals surface area contributed by atoms with Crippen molar-refractivity contribution < 1.29 is 14.7 Å². The number of nitrogens with one attached hydrogen (secondary N) is 1. The van der Waals surface area contributed by atoms with Crippen molar-refractivity contribution in [3.05, 3.63) is 29.6 Å². The van der Waals surface area contributed by atoms with E-state index in [1.165, 1.54) is 19.2 Å². The van der Waals surface area contributed by atoms with Crippen molar-refractivity contribution in [2.24, 2.45) is 0 Å². The second-order valence-corrected chi connectivity index (χ2v) is 3.35. The van der Waals surface area contributed by atoms with Crippen LogP contribution in [0.5, 0.6) is 0 Å². The van der Waals surface area contributed by atoms with E-state index in [1.807, 2.05) is 0 Å². The molecule has 0 radical (unpaired) electrons. The molecule has 0 aliphatic carbocycles. The average molecular weight is 235 g/mol. The van der Waals surface area contributed by atoms with Crippen molar-refractivity contribution >= 4 is 23.6 Å². The number of carboxylic acids is 1. The lowest BCUT2D eigenvalue weighted by Gasteiger charge is -2.00. The van der Waals surface area contributed by atoms with Gasteiger partial charge in [-0.3, -0.25) is 4.79 Å². The van der Waals surface area contributed by atoms with E-state index in [2.05, 4.69) is 10.3 Å². The number of hydrogen-bond donors (Lipinski definition) is 3. The Morgan fingerprint density at radius 2 is 2.29 bits per heavy atom. The molecule has 1 rings (SSSR count). The predicted molar refractivity (Wildman–Crippen MR) is 63.3 cm³/mol. The number of nitrogen functional groups attached to an aromatic ring is 1. The number of anilines is 1. The van der Waals surface area contributed by atoms with Crippen LogP contribution in [0.15, 0.2) is 18.3 Å². The molecular formula is C11H13N3O3. The summed E-state index contributed by atoms with van der Waals surface area (Å²) in [6, 6.07) is 1.51. The van der Waals surface area contributed by atoms with Gasteiger partial charge in [0.15, 0.2) is 5.69 Å². The Hall–Kier alpha value is -2.37. The van der Waals surface area contributed by atoms with Crippen molar-refractivity contribution in [2.45, 2.75) is 6.92 Å². The van der Waals surface area contributed by atoms with Gasteiger partial charge in [0.05, 0.1) is 5.69 Å². The molecule has 0 aliphatic rings. The zero-order valence-electron chi connectivity index (χ0n) is 9.30. The molecule has 0 spiro atoms. The molecule has 0 aromatic carbocycles. The number of nitrogens with zero attached hydrogens (tertiary/aromatic N) is 1. The highest BCUT2D eigenvalue weighted by Gasteiger charge is 2.08. The minimum Gasteiger partial charge on any atom is -0.476 e. The van der Waals surface area contributed by atoms with E-state index in [4.69, 9.17) is 10.8 Å². The van der Waals surface area contributed by atoms with Crippen LogP contribution in [0.25, 0.3) is 6.08 Å². The van der Waals surface area contributed by atoms with E-state index in [-0.39, 0.29) is 17.3 Å². The van der Waals surface area contributed by atoms with Crippen LogP contribution >= 0.6 is 0 Å². The molecule has 0 saturated heterocycles. The van der Waals surface area contributed by atoms with Crippen molar-refractivity contribution in [3.8, 4) is 0 Å². The highest BCUT2D eigenvalue weighted by atomic mass is 16.4. The molecule has 0 fully saturated rings. The lowest BCUT2D eigenvalue weighted by atomic mass is 10.2. The number of carboxylic acid groups (broad SMARTS) is 1. The lowest BCUT2D eigenvalue weighted by Crippen LogP contribution is -2.19. The van der Waals surface area contributed by atoms with E-state index in [0.717, 1.165) is 0 Å². The summed E-state index contributed by atoms with van der Waals surface area (Å²) in [6.07, 6.45) is 4.83. The van der Waals surface area contributed by atoms with Gasteiger partial charge in [0.25, 0.3) is 0 Å². The summed E-state index contributed by atoms with van der Waals surface area (Å²) in [5.74, 6) is -1.27. The van der Waals surface area contributed by atoms with Gasteiger partial charge in [-0.15, -0.1) is 0 Å². The zero-order chi connectivity index (χ0) is 12.8. The number of aromatic nitrogens is 1. The number of carbonyl (C=O) groups is 2. The van der Waals surface area contributed by atoms with Crippen molar-refractivity contribution in [1.29, 1.82) is 0 Å². The van der Waals surface area contributed by atoms with Crippen LogP contribution in [0.3, 0.4) is 0 Å². The van der Waals surface area contributed by atoms with Crippen molar-refractivity contribution in [2.75, 3.05) is 12.3 Å². The summed E-state index contributed by atoms with van der Waals surface area (Å²) in [4.78, 5) is 25.0. The molecule has 1 aromatic rings. The second kappa shape index (κ2) is 5.64. The monoisotopic (exact) mass is 235 g/mol. The third-order valence-corrected chi connectivity index (χ3v) is 1.92. The van der Waals surface area contributed by atoms with Gasteiger partial charge in [0, 0.05) is 19.7 Å². The fraction of sp³-hybridized carbons (Fsp3) is 0.182. The molecule has 0 atom stereocenters. The first-order chi connectivity index (χ1) is 8.00. The molecule has 0 aliphatic heterocycles. The predicted octanol–water partition coefficient (Wildman–Crippen LogP) is 0.511. The maximum Gasteiger partial charge on any atom is 0.356 e. The Morgan fingerprint density at radius 3 is 2.82 bits per heavy atom. The molecule has 1 heterocycles. The van der Waals surface area contributed by atoms with Gasteiger partial charge < -0.3 is 16.2 Å². The summed E-state index contributed by atoms with van der Waals surface area (Å²) in [5.41, 5.74) is 6.15. The minimum atomic E-state index is -1.16. The van der Waals surface area contributed by atoms with Gasteiger partial charge in [-0.1, -0.05) is 12.2 Å². The van der Waals surface area contributed by atoms with Crippen LogP contribution in [-0.2, 0) is 4.79 Å². The Bertz CT molecular complexity index is 469. The zero-order valence-corrected chi connectivity index (χ0v) is 9.30. The van der Waals surface area contributed by atoms with E-state index < -0.39 is 5.97 Å². The Balaban J connectivity index is 2.70. The second-order valence-electron chi connectivity index (χ2n) is 3.35. The number of carbonyl (C=O) groups excluding carboxylic acids is 1. The highest BCUT2D eigenvalue weighted by Crippen LogP contribution is 2.12. The third-order valence-electron chi connectivity index (χ3n) is 1.92. The first kappa shape index (κ1) is 12.7. The van der Waals surface area contributed by atoms with Gasteiger partial charge in [-0.05, 0) is 11.6 Å². The molecule has 1 aromatic heterocycles.